The number of aromatic nitrogens is 3. The van der Waals surface area contributed by atoms with Gasteiger partial charge in [0.05, 0.1) is 17.7 Å². The fourth-order valence-corrected chi connectivity index (χ4v) is 1.52. The summed E-state index contributed by atoms with van der Waals surface area (Å²) in [6.45, 7) is 2.44. The maximum atomic E-state index is 10.4. The molecule has 18 heavy (non-hydrogen) atoms. The Kier molecular flexibility index (Phi) is 3.66. The Bertz CT molecular complexity index is 534. The average molecular weight is 248 g/mol. The van der Waals surface area contributed by atoms with Gasteiger partial charge in [0, 0.05) is 12.5 Å². The van der Waals surface area contributed by atoms with Gasteiger partial charge >= 0.3 is 5.97 Å². The molecule has 0 atom stereocenters. The molecular weight excluding hydrogens is 234 g/mol. The lowest BCUT2D eigenvalue weighted by Gasteiger charge is -1.94. The minimum atomic E-state index is -0.789. The van der Waals surface area contributed by atoms with E-state index in [0.717, 1.165) is 11.3 Å². The van der Waals surface area contributed by atoms with E-state index < -0.39 is 5.97 Å². The number of rotatable bonds is 5. The molecule has 0 aromatic carbocycles. The predicted octanol–water partition coefficient (Wildman–Crippen LogP) is 1.20. The van der Waals surface area contributed by atoms with E-state index in [9.17, 15) is 4.79 Å². The van der Waals surface area contributed by atoms with E-state index in [0.29, 0.717) is 18.9 Å². The van der Waals surface area contributed by atoms with Crippen molar-refractivity contribution in [2.45, 2.75) is 26.3 Å². The molecular formula is C12H14N3O3+. The second kappa shape index (κ2) is 5.39. The molecule has 0 aliphatic rings. The monoisotopic (exact) mass is 248 g/mol. The zero-order valence-electron chi connectivity index (χ0n) is 10.0. The summed E-state index contributed by atoms with van der Waals surface area (Å²) in [6.07, 6.45) is 5.74. The van der Waals surface area contributed by atoms with Gasteiger partial charge in [0.1, 0.15) is 12.5 Å². The lowest BCUT2D eigenvalue weighted by atomic mass is 10.3. The third kappa shape index (κ3) is 3.13. The highest BCUT2D eigenvalue weighted by Crippen LogP contribution is 2.15. The molecule has 6 heteroatoms. The summed E-state index contributed by atoms with van der Waals surface area (Å²) < 4.78 is 6.96. The normalized spacial score (nSPS) is 10.5. The third-order valence-electron chi connectivity index (χ3n) is 2.42. The van der Waals surface area contributed by atoms with Gasteiger partial charge in [-0.05, 0) is 12.0 Å². The van der Waals surface area contributed by atoms with Crippen LogP contribution in [0.15, 0.2) is 29.1 Å². The number of carboxylic acid groups (broad SMARTS) is 1. The molecule has 0 saturated carbocycles. The van der Waals surface area contributed by atoms with Gasteiger partial charge in [-0.15, -0.1) is 0 Å². The van der Waals surface area contributed by atoms with Gasteiger partial charge in [0.25, 0.3) is 0 Å². The molecule has 2 rings (SSSR count). The van der Waals surface area contributed by atoms with Crippen molar-refractivity contribution in [2.75, 3.05) is 0 Å². The molecule has 0 saturated heterocycles. The molecule has 0 unspecified atom stereocenters. The van der Waals surface area contributed by atoms with Gasteiger partial charge in [0.2, 0.25) is 5.89 Å². The largest absolute Gasteiger partial charge is 0.481 e. The lowest BCUT2D eigenvalue weighted by Crippen LogP contribution is -2.37. The second-order valence-electron chi connectivity index (χ2n) is 3.97. The molecule has 2 heterocycles. The van der Waals surface area contributed by atoms with Gasteiger partial charge in [-0.3, -0.25) is 4.79 Å². The Morgan fingerprint density at radius 3 is 2.94 bits per heavy atom. The van der Waals surface area contributed by atoms with E-state index in [4.69, 9.17) is 9.52 Å². The molecule has 0 aliphatic carbocycles. The molecule has 6 nitrogen and oxygen atoms in total. The van der Waals surface area contributed by atoms with Crippen molar-refractivity contribution >= 4 is 5.97 Å². The highest BCUT2D eigenvalue weighted by atomic mass is 16.4. The smallest absolute Gasteiger partial charge is 0.303 e. The van der Waals surface area contributed by atoms with E-state index in [1.807, 2.05) is 13.0 Å². The summed E-state index contributed by atoms with van der Waals surface area (Å²) in [4.78, 5) is 14.6. The van der Waals surface area contributed by atoms with Gasteiger partial charge in [-0.1, -0.05) is 4.68 Å². The predicted molar refractivity (Wildman–Crippen MR) is 61.5 cm³/mol. The Labute approximate surface area is 104 Å². The van der Waals surface area contributed by atoms with E-state index in [2.05, 4.69) is 10.1 Å². The van der Waals surface area contributed by atoms with Crippen LogP contribution in [0.25, 0.3) is 11.5 Å². The van der Waals surface area contributed by atoms with E-state index >= 15 is 0 Å². The van der Waals surface area contributed by atoms with Crippen molar-refractivity contribution in [1.29, 1.82) is 0 Å². The van der Waals surface area contributed by atoms with Gasteiger partial charge in [-0.25, -0.2) is 4.98 Å². The van der Waals surface area contributed by atoms with Gasteiger partial charge in [-0.2, -0.15) is 0 Å². The van der Waals surface area contributed by atoms with E-state index in [1.54, 1.807) is 23.3 Å². The quantitative estimate of drug-likeness (QED) is 0.804. The van der Waals surface area contributed by atoms with Crippen LogP contribution in [0.1, 0.15) is 18.5 Å². The zero-order valence-corrected chi connectivity index (χ0v) is 10.0. The van der Waals surface area contributed by atoms with Gasteiger partial charge in [0.15, 0.2) is 12.7 Å². The van der Waals surface area contributed by atoms with Crippen molar-refractivity contribution in [3.63, 3.8) is 0 Å². The van der Waals surface area contributed by atoms with Crippen LogP contribution < -0.4 is 4.68 Å². The maximum absolute atomic E-state index is 10.4. The number of aryl methyl sites for hydroxylation is 2. The first kappa shape index (κ1) is 12.2. The van der Waals surface area contributed by atoms with E-state index in [-0.39, 0.29) is 6.42 Å². The molecule has 1 N–H and O–H groups in total. The molecule has 2 aromatic heterocycles. The minimum absolute atomic E-state index is 0.148. The van der Waals surface area contributed by atoms with Crippen molar-refractivity contribution in [3.8, 4) is 11.5 Å². The van der Waals surface area contributed by atoms with Crippen LogP contribution in [0.3, 0.4) is 0 Å². The zero-order chi connectivity index (χ0) is 13.0. The molecule has 0 bridgehead atoms. The summed E-state index contributed by atoms with van der Waals surface area (Å²) in [5, 5.41) is 12.7. The minimum Gasteiger partial charge on any atom is -0.481 e. The summed E-state index contributed by atoms with van der Waals surface area (Å²) >= 11 is 0. The van der Waals surface area contributed by atoms with Crippen LogP contribution in [0.5, 0.6) is 0 Å². The van der Waals surface area contributed by atoms with Gasteiger partial charge < -0.3 is 9.52 Å². The topological polar surface area (TPSA) is 80.1 Å². The number of carboxylic acids is 1. The van der Waals surface area contributed by atoms with Crippen LogP contribution in [0, 0.1) is 6.92 Å². The summed E-state index contributed by atoms with van der Waals surface area (Å²) in [6, 6.07) is 1.85. The number of oxazole rings is 1. The summed E-state index contributed by atoms with van der Waals surface area (Å²) in [7, 11) is 0. The van der Waals surface area contributed by atoms with Crippen LogP contribution >= 0.6 is 0 Å². The van der Waals surface area contributed by atoms with Crippen LogP contribution in [-0.2, 0) is 11.3 Å². The molecule has 0 spiro atoms. The highest BCUT2D eigenvalue weighted by molar-refractivity contribution is 5.66. The third-order valence-corrected chi connectivity index (χ3v) is 2.42. The van der Waals surface area contributed by atoms with Crippen LogP contribution in [-0.4, -0.2) is 21.2 Å². The summed E-state index contributed by atoms with van der Waals surface area (Å²) in [5.41, 5.74) is 1.63. The average Bonchev–Trinajstić information content (AvgIpc) is 2.76. The van der Waals surface area contributed by atoms with Crippen molar-refractivity contribution < 1.29 is 19.0 Å². The first-order valence-electron chi connectivity index (χ1n) is 5.65. The molecule has 0 fully saturated rings. The Hall–Kier alpha value is -2.24. The number of carbonyl (C=O) groups is 1. The SMILES string of the molecule is Cc1coc(-c2cc[n+](CCCC(=O)O)nc2)n1. The Morgan fingerprint density at radius 1 is 1.56 bits per heavy atom. The number of hydrogen-bond acceptors (Lipinski definition) is 4. The highest BCUT2D eigenvalue weighted by Gasteiger charge is 2.09. The Morgan fingerprint density at radius 2 is 2.39 bits per heavy atom. The van der Waals surface area contributed by atoms with Crippen molar-refractivity contribution in [2.24, 2.45) is 0 Å². The van der Waals surface area contributed by atoms with Crippen LogP contribution in [0.2, 0.25) is 0 Å². The molecule has 2 aromatic rings. The number of hydrogen-bond donors (Lipinski definition) is 1. The lowest BCUT2D eigenvalue weighted by molar-refractivity contribution is -0.754. The first-order chi connectivity index (χ1) is 8.65. The van der Waals surface area contributed by atoms with Crippen molar-refractivity contribution in [3.05, 3.63) is 30.4 Å². The number of aliphatic carboxylic acids is 1. The summed E-state index contributed by atoms with van der Waals surface area (Å²) in [5.74, 6) is -0.250. The fraction of sp³-hybridized carbons (Fsp3) is 0.333. The number of nitrogens with zero attached hydrogens (tertiary/aromatic N) is 3. The molecule has 94 valence electrons. The standard InChI is InChI=1S/C12H13N3O3/c1-9-8-18-12(14-9)10-4-6-15(13-7-10)5-2-3-11(16)17/h4,6-8H,2-3,5H2,1H3/p+1. The molecule has 0 amide bonds. The maximum Gasteiger partial charge on any atom is 0.303 e. The fourth-order valence-electron chi connectivity index (χ4n) is 1.52. The second-order valence-corrected chi connectivity index (χ2v) is 3.97. The first-order valence-corrected chi connectivity index (χ1v) is 5.65. The Balaban J connectivity index is 1.99. The molecule has 0 aliphatic heterocycles. The van der Waals surface area contributed by atoms with Crippen LogP contribution in [0.4, 0.5) is 0 Å². The van der Waals surface area contributed by atoms with Crippen molar-refractivity contribution in [1.82, 2.24) is 10.1 Å². The van der Waals surface area contributed by atoms with E-state index in [1.165, 1.54) is 0 Å². The molecule has 0 radical (unpaired) electrons.